The summed E-state index contributed by atoms with van der Waals surface area (Å²) in [5, 5.41) is 0. The van der Waals surface area contributed by atoms with Crippen molar-refractivity contribution in [2.75, 3.05) is 0 Å². The van der Waals surface area contributed by atoms with Gasteiger partial charge in [0.2, 0.25) is 0 Å². The lowest BCUT2D eigenvalue weighted by molar-refractivity contribution is -0.696. The Morgan fingerprint density at radius 3 is 2.61 bits per heavy atom. The van der Waals surface area contributed by atoms with Crippen LogP contribution in [0.25, 0.3) is 22.4 Å². The quantitative estimate of drug-likeness (QED) is 0.699. The molecule has 2 heterocycles. The van der Waals surface area contributed by atoms with Crippen molar-refractivity contribution in [1.82, 2.24) is 9.97 Å². The first-order valence-corrected chi connectivity index (χ1v) is 6.31. The van der Waals surface area contributed by atoms with Crippen molar-refractivity contribution in [3.63, 3.8) is 0 Å². The van der Waals surface area contributed by atoms with Gasteiger partial charge in [0.15, 0.2) is 12.4 Å². The molecular weight excluding hydrogens is 222 g/mol. The van der Waals surface area contributed by atoms with Gasteiger partial charge in [-0.15, -0.1) is 0 Å². The van der Waals surface area contributed by atoms with E-state index in [9.17, 15) is 0 Å². The molecule has 0 aliphatic heterocycles. The number of fused-ring (bicyclic) bond motifs is 1. The number of imidazole rings is 1. The first kappa shape index (κ1) is 11.0. The van der Waals surface area contributed by atoms with E-state index in [0.29, 0.717) is 0 Å². The van der Waals surface area contributed by atoms with Crippen LogP contribution >= 0.6 is 0 Å². The number of benzene rings is 1. The minimum absolute atomic E-state index is 0.930. The number of aromatic nitrogens is 3. The van der Waals surface area contributed by atoms with Crippen LogP contribution in [0.1, 0.15) is 13.3 Å². The van der Waals surface area contributed by atoms with E-state index >= 15 is 0 Å². The molecule has 0 unspecified atom stereocenters. The third-order valence-corrected chi connectivity index (χ3v) is 3.04. The predicted octanol–water partition coefficient (Wildman–Crippen LogP) is 2.93. The van der Waals surface area contributed by atoms with Crippen molar-refractivity contribution in [2.24, 2.45) is 0 Å². The van der Waals surface area contributed by atoms with Crippen LogP contribution in [0.5, 0.6) is 0 Å². The Morgan fingerprint density at radius 2 is 1.89 bits per heavy atom. The van der Waals surface area contributed by atoms with Crippen LogP contribution in [-0.2, 0) is 6.54 Å². The third-order valence-electron chi connectivity index (χ3n) is 3.04. The SMILES string of the molecule is CCC[n+]1ccc(-c2nc3ccccc3[nH]2)cc1. The zero-order valence-electron chi connectivity index (χ0n) is 10.4. The van der Waals surface area contributed by atoms with Gasteiger partial charge in [-0.25, -0.2) is 9.55 Å². The Labute approximate surface area is 106 Å². The maximum atomic E-state index is 4.59. The van der Waals surface area contributed by atoms with Gasteiger partial charge >= 0.3 is 0 Å². The summed E-state index contributed by atoms with van der Waals surface area (Å²) >= 11 is 0. The van der Waals surface area contributed by atoms with Crippen molar-refractivity contribution in [3.05, 3.63) is 48.8 Å². The van der Waals surface area contributed by atoms with Gasteiger partial charge in [0.1, 0.15) is 12.4 Å². The molecule has 2 aromatic heterocycles. The molecule has 0 amide bonds. The van der Waals surface area contributed by atoms with E-state index in [4.69, 9.17) is 0 Å². The summed E-state index contributed by atoms with van der Waals surface area (Å²) < 4.78 is 2.19. The Hall–Kier alpha value is -2.16. The Morgan fingerprint density at radius 1 is 1.11 bits per heavy atom. The van der Waals surface area contributed by atoms with Crippen LogP contribution in [0.15, 0.2) is 48.8 Å². The van der Waals surface area contributed by atoms with Crippen LogP contribution in [0.2, 0.25) is 0 Å². The molecule has 0 spiro atoms. The number of hydrogen-bond acceptors (Lipinski definition) is 1. The number of pyridine rings is 1. The van der Waals surface area contributed by atoms with Gasteiger partial charge in [0.05, 0.1) is 11.0 Å². The predicted molar refractivity (Wildman–Crippen MR) is 72.0 cm³/mol. The van der Waals surface area contributed by atoms with Gasteiger partial charge in [-0.05, 0) is 12.1 Å². The molecule has 0 aliphatic rings. The van der Waals surface area contributed by atoms with Crippen LogP contribution in [0.4, 0.5) is 0 Å². The number of H-pyrrole nitrogens is 1. The zero-order chi connectivity index (χ0) is 12.4. The van der Waals surface area contributed by atoms with E-state index < -0.39 is 0 Å². The fraction of sp³-hybridized carbons (Fsp3) is 0.200. The van der Waals surface area contributed by atoms with Crippen molar-refractivity contribution in [2.45, 2.75) is 19.9 Å². The molecule has 0 bridgehead atoms. The van der Waals surface area contributed by atoms with Crippen LogP contribution in [0, 0.1) is 0 Å². The summed E-state index contributed by atoms with van der Waals surface area (Å²) in [6, 6.07) is 12.3. The average molecular weight is 238 g/mol. The molecule has 0 saturated heterocycles. The van der Waals surface area contributed by atoms with Gasteiger partial charge in [0, 0.05) is 24.1 Å². The lowest BCUT2D eigenvalue weighted by Crippen LogP contribution is -2.31. The molecule has 3 aromatic rings. The monoisotopic (exact) mass is 238 g/mol. The van der Waals surface area contributed by atoms with Crippen LogP contribution in [0.3, 0.4) is 0 Å². The van der Waals surface area contributed by atoms with E-state index in [0.717, 1.165) is 35.4 Å². The first-order chi connectivity index (χ1) is 8.86. The minimum atomic E-state index is 0.930. The zero-order valence-corrected chi connectivity index (χ0v) is 10.4. The highest BCUT2D eigenvalue weighted by Gasteiger charge is 2.06. The fourth-order valence-electron chi connectivity index (χ4n) is 2.11. The maximum Gasteiger partial charge on any atom is 0.169 e. The molecule has 0 radical (unpaired) electrons. The molecule has 90 valence electrons. The molecule has 0 fully saturated rings. The summed E-state index contributed by atoms with van der Waals surface area (Å²) in [6.07, 6.45) is 5.35. The van der Waals surface area contributed by atoms with E-state index in [2.05, 4.69) is 46.0 Å². The number of nitrogens with one attached hydrogen (secondary N) is 1. The van der Waals surface area contributed by atoms with Gasteiger partial charge in [-0.1, -0.05) is 19.1 Å². The molecule has 3 rings (SSSR count). The topological polar surface area (TPSA) is 32.6 Å². The highest BCUT2D eigenvalue weighted by molar-refractivity contribution is 5.78. The summed E-state index contributed by atoms with van der Waals surface area (Å²) in [5.41, 5.74) is 3.22. The Bertz CT molecular complexity index is 620. The van der Waals surface area contributed by atoms with Gasteiger partial charge < -0.3 is 4.98 Å². The number of aryl methyl sites for hydroxylation is 1. The molecule has 0 atom stereocenters. The summed E-state index contributed by atoms with van der Waals surface area (Å²) in [6.45, 7) is 3.24. The third kappa shape index (κ3) is 1.99. The van der Waals surface area contributed by atoms with E-state index in [1.807, 2.05) is 24.3 Å². The molecule has 18 heavy (non-hydrogen) atoms. The number of para-hydroxylation sites is 2. The van der Waals surface area contributed by atoms with Gasteiger partial charge in [-0.2, -0.15) is 0 Å². The molecular formula is C15H16N3+. The summed E-state index contributed by atoms with van der Waals surface area (Å²) in [5.74, 6) is 0.930. The largest absolute Gasteiger partial charge is 0.338 e. The molecule has 3 heteroatoms. The second-order valence-corrected chi connectivity index (χ2v) is 4.43. The van der Waals surface area contributed by atoms with Gasteiger partial charge in [0.25, 0.3) is 0 Å². The summed E-state index contributed by atoms with van der Waals surface area (Å²) in [4.78, 5) is 7.94. The lowest BCUT2D eigenvalue weighted by atomic mass is 10.2. The molecule has 1 N–H and O–H groups in total. The van der Waals surface area contributed by atoms with Crippen LogP contribution < -0.4 is 4.57 Å². The van der Waals surface area contributed by atoms with Crippen molar-refractivity contribution in [3.8, 4) is 11.4 Å². The number of rotatable bonds is 3. The number of nitrogens with zero attached hydrogens (tertiary/aromatic N) is 2. The summed E-state index contributed by atoms with van der Waals surface area (Å²) in [7, 11) is 0. The van der Waals surface area contributed by atoms with Gasteiger partial charge in [-0.3, -0.25) is 0 Å². The highest BCUT2D eigenvalue weighted by Crippen LogP contribution is 2.18. The number of aromatic amines is 1. The molecule has 1 aromatic carbocycles. The van der Waals surface area contributed by atoms with E-state index in [1.54, 1.807) is 0 Å². The normalized spacial score (nSPS) is 10.9. The molecule has 3 nitrogen and oxygen atoms in total. The second-order valence-electron chi connectivity index (χ2n) is 4.43. The standard InChI is InChI=1S/C15H15N3/c1-2-9-18-10-7-12(8-11-18)15-16-13-5-3-4-6-14(13)17-15/h3-8,10-11H,2,9H2,1H3/p+1. The van der Waals surface area contributed by atoms with Crippen molar-refractivity contribution >= 4 is 11.0 Å². The number of hydrogen-bond donors (Lipinski definition) is 1. The first-order valence-electron chi connectivity index (χ1n) is 6.31. The highest BCUT2D eigenvalue weighted by atomic mass is 14.9. The lowest BCUT2D eigenvalue weighted by Gasteiger charge is -1.96. The smallest absolute Gasteiger partial charge is 0.169 e. The molecule has 0 aliphatic carbocycles. The second kappa shape index (κ2) is 4.61. The van der Waals surface area contributed by atoms with Crippen LogP contribution in [-0.4, -0.2) is 9.97 Å². The Balaban J connectivity index is 1.98. The molecule has 0 saturated carbocycles. The average Bonchev–Trinajstić information content (AvgIpc) is 2.84. The van der Waals surface area contributed by atoms with E-state index in [-0.39, 0.29) is 0 Å². The van der Waals surface area contributed by atoms with Crippen molar-refractivity contribution < 1.29 is 4.57 Å². The maximum absolute atomic E-state index is 4.59. The Kier molecular flexibility index (Phi) is 2.81. The van der Waals surface area contributed by atoms with Crippen molar-refractivity contribution in [1.29, 1.82) is 0 Å². The fourth-order valence-corrected chi connectivity index (χ4v) is 2.11. The van der Waals surface area contributed by atoms with E-state index in [1.165, 1.54) is 0 Å². The minimum Gasteiger partial charge on any atom is -0.338 e.